The number of anilines is 1. The molecule has 2 heterocycles. The molecule has 1 saturated heterocycles. The minimum Gasteiger partial charge on any atom is -0.378 e. The first-order valence-electron chi connectivity index (χ1n) is 10.4. The standard InChI is InChI=1S/C23H25FN4O2S/c1-2-4-17-7-9-18(10-8-17)21(29)16-31-23-26-25-22(27-11-13-30-14-12-27)28(23)20-6-3-5-19(24)15-20/h3,5-10,15H,2,4,11-14,16H2,1H3. The van der Waals surface area contributed by atoms with Gasteiger partial charge < -0.3 is 9.64 Å². The quantitative estimate of drug-likeness (QED) is 0.387. The number of hydrogen-bond donors (Lipinski definition) is 0. The number of hydrogen-bond acceptors (Lipinski definition) is 6. The van der Waals surface area contributed by atoms with Gasteiger partial charge in [-0.1, -0.05) is 55.4 Å². The molecule has 0 saturated carbocycles. The number of morpholine rings is 1. The van der Waals surface area contributed by atoms with Crippen LogP contribution in [0.25, 0.3) is 5.69 Å². The van der Waals surface area contributed by atoms with E-state index in [0.29, 0.717) is 48.7 Å². The van der Waals surface area contributed by atoms with Crippen molar-refractivity contribution >= 4 is 23.5 Å². The van der Waals surface area contributed by atoms with Crippen LogP contribution in [0.4, 0.5) is 10.3 Å². The summed E-state index contributed by atoms with van der Waals surface area (Å²) in [6.45, 7) is 4.70. The number of nitrogens with zero attached hydrogens (tertiary/aromatic N) is 4. The van der Waals surface area contributed by atoms with Gasteiger partial charge in [-0.25, -0.2) is 4.39 Å². The van der Waals surface area contributed by atoms with E-state index in [-0.39, 0.29) is 17.4 Å². The van der Waals surface area contributed by atoms with Crippen LogP contribution in [0, 0.1) is 5.82 Å². The second kappa shape index (κ2) is 10.1. The molecule has 0 spiro atoms. The molecule has 1 fully saturated rings. The average Bonchev–Trinajstić information content (AvgIpc) is 3.23. The Morgan fingerprint density at radius 2 is 1.90 bits per heavy atom. The Morgan fingerprint density at radius 1 is 1.13 bits per heavy atom. The molecule has 8 heteroatoms. The monoisotopic (exact) mass is 440 g/mol. The summed E-state index contributed by atoms with van der Waals surface area (Å²) in [5, 5.41) is 9.24. The average molecular weight is 441 g/mol. The van der Waals surface area contributed by atoms with Crippen molar-refractivity contribution in [1.29, 1.82) is 0 Å². The molecule has 2 aromatic carbocycles. The molecule has 31 heavy (non-hydrogen) atoms. The van der Waals surface area contributed by atoms with Crippen molar-refractivity contribution in [3.8, 4) is 5.69 Å². The predicted octanol–water partition coefficient (Wildman–Crippen LogP) is 4.17. The van der Waals surface area contributed by atoms with Crippen LogP contribution in [0.15, 0.2) is 53.7 Å². The van der Waals surface area contributed by atoms with Gasteiger partial charge in [0.1, 0.15) is 5.82 Å². The van der Waals surface area contributed by atoms with E-state index < -0.39 is 0 Å². The number of halogens is 1. The zero-order valence-corrected chi connectivity index (χ0v) is 18.3. The maximum atomic E-state index is 13.9. The van der Waals surface area contributed by atoms with E-state index in [0.717, 1.165) is 12.8 Å². The first kappa shape index (κ1) is 21.5. The summed E-state index contributed by atoms with van der Waals surface area (Å²) in [5.74, 6) is 0.546. The minimum atomic E-state index is -0.335. The molecular formula is C23H25FN4O2S. The third-order valence-corrected chi connectivity index (χ3v) is 6.05. The zero-order valence-electron chi connectivity index (χ0n) is 17.5. The highest BCUT2D eigenvalue weighted by Crippen LogP contribution is 2.28. The molecule has 6 nitrogen and oxygen atoms in total. The lowest BCUT2D eigenvalue weighted by Gasteiger charge is -2.27. The number of rotatable bonds is 8. The largest absolute Gasteiger partial charge is 0.378 e. The van der Waals surface area contributed by atoms with Gasteiger partial charge in [0.25, 0.3) is 0 Å². The van der Waals surface area contributed by atoms with Gasteiger partial charge in [0, 0.05) is 18.7 Å². The molecule has 4 rings (SSSR count). The number of benzene rings is 2. The van der Waals surface area contributed by atoms with Crippen molar-refractivity contribution in [1.82, 2.24) is 14.8 Å². The van der Waals surface area contributed by atoms with Gasteiger partial charge in [-0.2, -0.15) is 0 Å². The fourth-order valence-electron chi connectivity index (χ4n) is 3.52. The number of aromatic nitrogens is 3. The molecule has 0 aliphatic carbocycles. The number of aryl methyl sites for hydroxylation is 1. The Bertz CT molecular complexity index is 1030. The summed E-state index contributed by atoms with van der Waals surface area (Å²) in [6.07, 6.45) is 2.08. The van der Waals surface area contributed by atoms with E-state index in [4.69, 9.17) is 4.74 Å². The van der Waals surface area contributed by atoms with Crippen LogP contribution in [0.5, 0.6) is 0 Å². The molecule has 0 amide bonds. The van der Waals surface area contributed by atoms with E-state index in [9.17, 15) is 9.18 Å². The number of thioether (sulfide) groups is 1. The normalized spacial score (nSPS) is 14.1. The fourth-order valence-corrected chi connectivity index (χ4v) is 4.37. The van der Waals surface area contributed by atoms with Crippen LogP contribution in [-0.2, 0) is 11.2 Å². The lowest BCUT2D eigenvalue weighted by atomic mass is 10.1. The molecule has 0 unspecified atom stereocenters. The predicted molar refractivity (Wildman–Crippen MR) is 120 cm³/mol. The topological polar surface area (TPSA) is 60.3 Å². The molecule has 162 valence electrons. The van der Waals surface area contributed by atoms with E-state index >= 15 is 0 Å². The van der Waals surface area contributed by atoms with Crippen LogP contribution < -0.4 is 4.90 Å². The Morgan fingerprint density at radius 3 is 2.61 bits per heavy atom. The highest BCUT2D eigenvalue weighted by Gasteiger charge is 2.22. The van der Waals surface area contributed by atoms with Crippen LogP contribution >= 0.6 is 11.8 Å². The molecule has 1 aliphatic rings. The van der Waals surface area contributed by atoms with E-state index in [1.165, 1.54) is 29.5 Å². The Hall–Kier alpha value is -2.71. The third-order valence-electron chi connectivity index (χ3n) is 5.12. The number of ether oxygens (including phenoxy) is 1. The van der Waals surface area contributed by atoms with Crippen molar-refractivity contribution in [2.24, 2.45) is 0 Å². The Balaban J connectivity index is 1.56. The summed E-state index contributed by atoms with van der Waals surface area (Å²) in [5.41, 5.74) is 2.54. The van der Waals surface area contributed by atoms with Gasteiger partial charge in [-0.15, -0.1) is 10.2 Å². The zero-order chi connectivity index (χ0) is 21.6. The smallest absolute Gasteiger partial charge is 0.232 e. The van der Waals surface area contributed by atoms with Crippen molar-refractivity contribution in [2.75, 3.05) is 37.0 Å². The number of carbonyl (C=O) groups excluding carboxylic acids is 1. The molecule has 1 aromatic heterocycles. The van der Waals surface area contributed by atoms with E-state index in [1.807, 2.05) is 34.9 Å². The van der Waals surface area contributed by atoms with Crippen LogP contribution in [0.3, 0.4) is 0 Å². The van der Waals surface area contributed by atoms with Gasteiger partial charge in [0.05, 0.1) is 24.7 Å². The van der Waals surface area contributed by atoms with Gasteiger partial charge in [0.2, 0.25) is 5.95 Å². The number of Topliss-reactive ketones (excluding diaryl/α,β-unsaturated/α-hetero) is 1. The summed E-state index contributed by atoms with van der Waals surface area (Å²) in [6, 6.07) is 14.1. The summed E-state index contributed by atoms with van der Waals surface area (Å²) in [4.78, 5) is 14.8. The van der Waals surface area contributed by atoms with E-state index in [1.54, 1.807) is 6.07 Å². The van der Waals surface area contributed by atoms with Gasteiger partial charge in [0.15, 0.2) is 10.9 Å². The summed E-state index contributed by atoms with van der Waals surface area (Å²) >= 11 is 1.31. The SMILES string of the molecule is CCCc1ccc(C(=O)CSc2nnc(N3CCOCC3)n2-c2cccc(F)c2)cc1. The van der Waals surface area contributed by atoms with Gasteiger partial charge in [-0.05, 0) is 30.2 Å². The number of carbonyl (C=O) groups is 1. The fraction of sp³-hybridized carbons (Fsp3) is 0.348. The van der Waals surface area contributed by atoms with Crippen molar-refractivity contribution in [2.45, 2.75) is 24.9 Å². The third kappa shape index (κ3) is 5.14. The maximum Gasteiger partial charge on any atom is 0.232 e. The minimum absolute atomic E-state index is 0.0229. The van der Waals surface area contributed by atoms with Crippen LogP contribution in [0.2, 0.25) is 0 Å². The number of ketones is 1. The van der Waals surface area contributed by atoms with E-state index in [2.05, 4.69) is 22.0 Å². The second-order valence-corrected chi connectivity index (χ2v) is 8.30. The highest BCUT2D eigenvalue weighted by atomic mass is 32.2. The van der Waals surface area contributed by atoms with Crippen molar-refractivity contribution in [3.05, 3.63) is 65.5 Å². The molecule has 0 bridgehead atoms. The lowest BCUT2D eigenvalue weighted by Crippen LogP contribution is -2.37. The van der Waals surface area contributed by atoms with Gasteiger partial charge >= 0.3 is 0 Å². The lowest BCUT2D eigenvalue weighted by molar-refractivity contribution is 0.102. The molecule has 0 radical (unpaired) electrons. The first-order chi connectivity index (χ1) is 15.2. The second-order valence-electron chi connectivity index (χ2n) is 7.36. The molecule has 0 atom stereocenters. The van der Waals surface area contributed by atoms with Gasteiger partial charge in [-0.3, -0.25) is 9.36 Å². The molecular weight excluding hydrogens is 415 g/mol. The molecule has 1 aliphatic heterocycles. The van der Waals surface area contributed by atoms with Crippen molar-refractivity contribution < 1.29 is 13.9 Å². The first-order valence-corrected chi connectivity index (χ1v) is 11.4. The molecule has 3 aromatic rings. The van der Waals surface area contributed by atoms with Crippen LogP contribution in [-0.4, -0.2) is 52.6 Å². The van der Waals surface area contributed by atoms with Crippen molar-refractivity contribution in [3.63, 3.8) is 0 Å². The summed E-state index contributed by atoms with van der Waals surface area (Å²) < 4.78 is 21.2. The Labute approximate surface area is 185 Å². The Kier molecular flexibility index (Phi) is 6.99. The summed E-state index contributed by atoms with van der Waals surface area (Å²) in [7, 11) is 0. The van der Waals surface area contributed by atoms with Crippen LogP contribution in [0.1, 0.15) is 29.3 Å². The highest BCUT2D eigenvalue weighted by molar-refractivity contribution is 7.99. The maximum absolute atomic E-state index is 13.9. The molecule has 0 N–H and O–H groups in total.